The average molecular weight is 425 g/mol. The number of carbonyl (C=O) groups is 2. The Morgan fingerprint density at radius 3 is 2.63 bits per heavy atom. The maximum Gasteiger partial charge on any atom is 0.276 e. The number of halogens is 1. The fourth-order valence-electron chi connectivity index (χ4n) is 3.41. The summed E-state index contributed by atoms with van der Waals surface area (Å²) >= 11 is 5.97. The summed E-state index contributed by atoms with van der Waals surface area (Å²) in [6, 6.07) is 14.4. The molecule has 0 radical (unpaired) electrons. The molecule has 0 saturated heterocycles. The molecule has 0 saturated carbocycles. The van der Waals surface area contributed by atoms with Gasteiger partial charge in [0.15, 0.2) is 5.69 Å². The van der Waals surface area contributed by atoms with Crippen LogP contribution in [0.2, 0.25) is 5.02 Å². The van der Waals surface area contributed by atoms with Crippen molar-refractivity contribution in [2.75, 3.05) is 19.0 Å². The summed E-state index contributed by atoms with van der Waals surface area (Å²) < 4.78 is 6.76. The number of amides is 2. The number of aryl methyl sites for hydroxylation is 1. The second-order valence-corrected chi connectivity index (χ2v) is 7.56. The zero-order valence-corrected chi connectivity index (χ0v) is 17.4. The first-order valence-corrected chi connectivity index (χ1v) is 9.90. The molecule has 0 aliphatic carbocycles. The molecule has 4 rings (SSSR count). The lowest BCUT2D eigenvalue weighted by molar-refractivity contribution is 0.0683. The Morgan fingerprint density at radius 2 is 1.93 bits per heavy atom. The van der Waals surface area contributed by atoms with Gasteiger partial charge in [-0.1, -0.05) is 23.7 Å². The Bertz CT molecular complexity index is 1110. The van der Waals surface area contributed by atoms with Crippen molar-refractivity contribution < 1.29 is 14.3 Å². The average Bonchev–Trinajstić information content (AvgIpc) is 3.18. The Morgan fingerprint density at radius 1 is 1.17 bits per heavy atom. The van der Waals surface area contributed by atoms with Crippen LogP contribution in [0.25, 0.3) is 0 Å². The smallest absolute Gasteiger partial charge is 0.276 e. The monoisotopic (exact) mass is 424 g/mol. The van der Waals surface area contributed by atoms with Crippen LogP contribution in [0.1, 0.15) is 32.1 Å². The highest BCUT2D eigenvalue weighted by Gasteiger charge is 2.28. The number of benzene rings is 2. The van der Waals surface area contributed by atoms with Crippen LogP contribution >= 0.6 is 11.6 Å². The molecule has 2 amide bonds. The van der Waals surface area contributed by atoms with Gasteiger partial charge in [-0.2, -0.15) is 5.10 Å². The van der Waals surface area contributed by atoms with E-state index in [-0.39, 0.29) is 17.5 Å². The number of hydrogen-bond acceptors (Lipinski definition) is 4. The van der Waals surface area contributed by atoms with Gasteiger partial charge >= 0.3 is 0 Å². The van der Waals surface area contributed by atoms with Gasteiger partial charge in [0.05, 0.1) is 13.7 Å². The molecule has 3 aromatic rings. The van der Waals surface area contributed by atoms with Crippen molar-refractivity contribution in [2.24, 2.45) is 0 Å². The van der Waals surface area contributed by atoms with Crippen LogP contribution in [0, 0.1) is 6.92 Å². The highest BCUT2D eigenvalue weighted by Crippen LogP contribution is 2.22. The second kappa shape index (κ2) is 8.20. The van der Waals surface area contributed by atoms with Crippen LogP contribution in [0.5, 0.6) is 5.75 Å². The number of ether oxygens (including phenoxy) is 1. The van der Waals surface area contributed by atoms with Crippen LogP contribution < -0.4 is 10.1 Å². The SMILES string of the molecule is COc1ccc(CN2CCn3nc(C(=O)Nc4ccc(Cl)cc4C)cc3C2=O)cc1. The van der Waals surface area contributed by atoms with Gasteiger partial charge in [-0.15, -0.1) is 0 Å². The molecule has 0 fully saturated rings. The number of rotatable bonds is 5. The first kappa shape index (κ1) is 20.0. The quantitative estimate of drug-likeness (QED) is 0.676. The van der Waals surface area contributed by atoms with Crippen molar-refractivity contribution in [1.82, 2.24) is 14.7 Å². The standard InChI is InChI=1S/C22H21ClN4O3/c1-14-11-16(23)5-8-18(14)24-21(28)19-12-20-22(29)26(9-10-27(20)25-19)13-15-3-6-17(30-2)7-4-15/h3-8,11-12H,9-10,13H2,1-2H3,(H,24,28). The summed E-state index contributed by atoms with van der Waals surface area (Å²) in [5, 5.41) is 7.75. The minimum absolute atomic E-state index is 0.147. The van der Waals surface area contributed by atoms with Crippen molar-refractivity contribution in [3.63, 3.8) is 0 Å². The third-order valence-electron chi connectivity index (χ3n) is 5.07. The van der Waals surface area contributed by atoms with E-state index >= 15 is 0 Å². The third kappa shape index (κ3) is 4.02. The number of methoxy groups -OCH3 is 1. The van der Waals surface area contributed by atoms with E-state index in [1.807, 2.05) is 31.2 Å². The van der Waals surface area contributed by atoms with E-state index in [2.05, 4.69) is 10.4 Å². The summed E-state index contributed by atoms with van der Waals surface area (Å²) in [7, 11) is 1.62. The summed E-state index contributed by atoms with van der Waals surface area (Å²) in [6.07, 6.45) is 0. The van der Waals surface area contributed by atoms with E-state index in [0.717, 1.165) is 16.9 Å². The third-order valence-corrected chi connectivity index (χ3v) is 5.30. The predicted octanol–water partition coefficient (Wildman–Crippen LogP) is 3.76. The van der Waals surface area contributed by atoms with Gasteiger partial charge in [-0.05, 0) is 48.4 Å². The van der Waals surface area contributed by atoms with E-state index in [9.17, 15) is 9.59 Å². The molecule has 1 N–H and O–H groups in total. The van der Waals surface area contributed by atoms with Crippen LogP contribution in [-0.4, -0.2) is 40.1 Å². The van der Waals surface area contributed by atoms with Crippen LogP contribution in [-0.2, 0) is 13.1 Å². The molecule has 2 heterocycles. The lowest BCUT2D eigenvalue weighted by atomic mass is 10.1. The zero-order valence-electron chi connectivity index (χ0n) is 16.7. The highest BCUT2D eigenvalue weighted by atomic mass is 35.5. The Kier molecular flexibility index (Phi) is 5.46. The molecule has 30 heavy (non-hydrogen) atoms. The van der Waals surface area contributed by atoms with E-state index < -0.39 is 0 Å². The Hall–Kier alpha value is -3.32. The van der Waals surface area contributed by atoms with Gasteiger partial charge in [0.25, 0.3) is 11.8 Å². The first-order valence-electron chi connectivity index (χ1n) is 9.52. The molecule has 1 aliphatic heterocycles. The zero-order chi connectivity index (χ0) is 21.3. The molecule has 1 aliphatic rings. The number of hydrogen-bond donors (Lipinski definition) is 1. The van der Waals surface area contributed by atoms with Gasteiger partial charge in [-0.3, -0.25) is 14.3 Å². The number of anilines is 1. The van der Waals surface area contributed by atoms with Gasteiger partial charge < -0.3 is 15.0 Å². The topological polar surface area (TPSA) is 76.5 Å². The minimum atomic E-state index is -0.364. The summed E-state index contributed by atoms with van der Waals surface area (Å²) in [4.78, 5) is 27.3. The Balaban J connectivity index is 1.48. The van der Waals surface area contributed by atoms with E-state index in [4.69, 9.17) is 16.3 Å². The van der Waals surface area contributed by atoms with Gasteiger partial charge in [0.1, 0.15) is 11.4 Å². The lowest BCUT2D eigenvalue weighted by Gasteiger charge is -2.27. The second-order valence-electron chi connectivity index (χ2n) is 7.13. The number of aromatic nitrogens is 2. The summed E-state index contributed by atoms with van der Waals surface area (Å²) in [5.74, 6) is 0.261. The molecule has 0 spiro atoms. The fourth-order valence-corrected chi connectivity index (χ4v) is 3.63. The maximum absolute atomic E-state index is 12.9. The minimum Gasteiger partial charge on any atom is -0.497 e. The lowest BCUT2D eigenvalue weighted by Crippen LogP contribution is -2.39. The molecule has 154 valence electrons. The van der Waals surface area contributed by atoms with E-state index in [1.54, 1.807) is 41.0 Å². The molecule has 2 aromatic carbocycles. The number of carbonyl (C=O) groups excluding carboxylic acids is 2. The van der Waals surface area contributed by atoms with E-state index in [0.29, 0.717) is 36.0 Å². The van der Waals surface area contributed by atoms with Crippen molar-refractivity contribution in [3.05, 3.63) is 76.1 Å². The largest absolute Gasteiger partial charge is 0.497 e. The van der Waals surface area contributed by atoms with Gasteiger partial charge in [-0.25, -0.2) is 0 Å². The molecule has 1 aromatic heterocycles. The van der Waals surface area contributed by atoms with Crippen molar-refractivity contribution >= 4 is 29.1 Å². The number of fused-ring (bicyclic) bond motifs is 1. The van der Waals surface area contributed by atoms with Gasteiger partial charge in [0, 0.05) is 29.9 Å². The van der Waals surface area contributed by atoms with E-state index in [1.165, 1.54) is 0 Å². The first-order chi connectivity index (χ1) is 14.4. The Labute approximate surface area is 179 Å². The highest BCUT2D eigenvalue weighted by molar-refractivity contribution is 6.30. The normalized spacial score (nSPS) is 13.2. The van der Waals surface area contributed by atoms with Gasteiger partial charge in [0.2, 0.25) is 0 Å². The molecule has 7 nitrogen and oxygen atoms in total. The predicted molar refractivity (Wildman–Crippen MR) is 114 cm³/mol. The molecular weight excluding hydrogens is 404 g/mol. The molecule has 0 atom stereocenters. The van der Waals surface area contributed by atoms with Crippen molar-refractivity contribution in [3.8, 4) is 5.75 Å². The van der Waals surface area contributed by atoms with Crippen molar-refractivity contribution in [1.29, 1.82) is 0 Å². The van der Waals surface area contributed by atoms with Crippen LogP contribution in [0.15, 0.2) is 48.5 Å². The molecule has 0 unspecified atom stereocenters. The van der Waals surface area contributed by atoms with Crippen LogP contribution in [0.4, 0.5) is 5.69 Å². The summed E-state index contributed by atoms with van der Waals surface area (Å²) in [6.45, 7) is 3.40. The molecule has 8 heteroatoms. The fraction of sp³-hybridized carbons (Fsp3) is 0.227. The molecular formula is C22H21ClN4O3. The number of nitrogens with one attached hydrogen (secondary N) is 1. The van der Waals surface area contributed by atoms with Crippen LogP contribution in [0.3, 0.4) is 0 Å². The summed E-state index contributed by atoms with van der Waals surface area (Å²) in [5.41, 5.74) is 3.13. The molecule has 0 bridgehead atoms. The maximum atomic E-state index is 12.9. The van der Waals surface area contributed by atoms with Crippen molar-refractivity contribution in [2.45, 2.75) is 20.0 Å². The number of nitrogens with zero attached hydrogens (tertiary/aromatic N) is 3.